The van der Waals surface area contributed by atoms with E-state index >= 15 is 0 Å². The van der Waals surface area contributed by atoms with Crippen molar-refractivity contribution < 1.29 is 9.59 Å². The van der Waals surface area contributed by atoms with Crippen molar-refractivity contribution in [1.82, 2.24) is 10.2 Å². The fourth-order valence-corrected chi connectivity index (χ4v) is 6.33. The molecule has 0 unspecified atom stereocenters. The molecule has 4 fully saturated rings. The third kappa shape index (κ3) is 4.35. The molecule has 0 saturated heterocycles. The van der Waals surface area contributed by atoms with Crippen LogP contribution in [0.3, 0.4) is 0 Å². The van der Waals surface area contributed by atoms with Gasteiger partial charge in [0.05, 0.1) is 5.41 Å². The van der Waals surface area contributed by atoms with Crippen LogP contribution in [0, 0.1) is 23.2 Å². The van der Waals surface area contributed by atoms with E-state index in [0.717, 1.165) is 62.3 Å². The Morgan fingerprint density at radius 1 is 0.966 bits per heavy atom. The van der Waals surface area contributed by atoms with Crippen LogP contribution in [0.15, 0.2) is 24.3 Å². The SMILES string of the molecule is CCN(CC)CCNC(=O)c1ccc(NC(=O)C23CC4CC(CC(C4)C2)C3)cc1. The van der Waals surface area contributed by atoms with E-state index in [-0.39, 0.29) is 17.2 Å². The average molecular weight is 398 g/mol. The van der Waals surface area contributed by atoms with Crippen LogP contribution >= 0.6 is 0 Å². The van der Waals surface area contributed by atoms with Gasteiger partial charge in [0.1, 0.15) is 0 Å². The Bertz CT molecular complexity index is 704. The normalized spacial score (nSPS) is 29.8. The number of hydrogen-bond acceptors (Lipinski definition) is 3. The van der Waals surface area contributed by atoms with Crippen molar-refractivity contribution in [2.24, 2.45) is 23.2 Å². The van der Waals surface area contributed by atoms with E-state index < -0.39 is 0 Å². The zero-order valence-corrected chi connectivity index (χ0v) is 17.9. The van der Waals surface area contributed by atoms with Crippen molar-refractivity contribution in [3.8, 4) is 0 Å². The van der Waals surface area contributed by atoms with Gasteiger partial charge >= 0.3 is 0 Å². The van der Waals surface area contributed by atoms with Crippen LogP contribution in [0.1, 0.15) is 62.7 Å². The predicted molar refractivity (Wildman–Crippen MR) is 116 cm³/mol. The molecule has 5 heteroatoms. The Hall–Kier alpha value is -1.88. The molecule has 2 amide bonds. The van der Waals surface area contributed by atoms with Gasteiger partial charge in [-0.1, -0.05) is 13.8 Å². The summed E-state index contributed by atoms with van der Waals surface area (Å²) in [6, 6.07) is 7.33. The number of anilines is 1. The van der Waals surface area contributed by atoms with Gasteiger partial charge in [0.2, 0.25) is 5.91 Å². The summed E-state index contributed by atoms with van der Waals surface area (Å²) < 4.78 is 0. The summed E-state index contributed by atoms with van der Waals surface area (Å²) in [5.41, 5.74) is 1.29. The molecular weight excluding hydrogens is 362 g/mol. The van der Waals surface area contributed by atoms with Gasteiger partial charge in [-0.25, -0.2) is 0 Å². The highest BCUT2D eigenvalue weighted by molar-refractivity contribution is 5.97. The predicted octanol–water partition coefficient (Wildman–Crippen LogP) is 3.91. The molecule has 1 aromatic rings. The molecule has 0 aliphatic heterocycles. The number of likely N-dealkylation sites (N-methyl/N-ethyl adjacent to an activating group) is 1. The number of carbonyl (C=O) groups excluding carboxylic acids is 2. The molecule has 4 bridgehead atoms. The first-order valence-corrected chi connectivity index (χ1v) is 11.4. The van der Waals surface area contributed by atoms with Crippen LogP contribution in [0.25, 0.3) is 0 Å². The molecule has 4 aliphatic rings. The molecule has 29 heavy (non-hydrogen) atoms. The molecule has 2 N–H and O–H groups in total. The maximum Gasteiger partial charge on any atom is 0.251 e. The van der Waals surface area contributed by atoms with Crippen molar-refractivity contribution in [2.45, 2.75) is 52.4 Å². The van der Waals surface area contributed by atoms with Crippen molar-refractivity contribution in [3.63, 3.8) is 0 Å². The van der Waals surface area contributed by atoms with Crippen LogP contribution in [-0.4, -0.2) is 42.9 Å². The summed E-state index contributed by atoms with van der Waals surface area (Å²) in [6.45, 7) is 7.74. The summed E-state index contributed by atoms with van der Waals surface area (Å²) >= 11 is 0. The lowest BCUT2D eigenvalue weighted by molar-refractivity contribution is -0.140. The topological polar surface area (TPSA) is 61.4 Å². The largest absolute Gasteiger partial charge is 0.351 e. The monoisotopic (exact) mass is 397 g/mol. The Balaban J connectivity index is 1.31. The second kappa shape index (κ2) is 8.47. The Morgan fingerprint density at radius 3 is 2.03 bits per heavy atom. The third-order valence-corrected chi connectivity index (χ3v) is 7.53. The molecule has 1 aromatic carbocycles. The van der Waals surface area contributed by atoms with Crippen LogP contribution in [0.2, 0.25) is 0 Å². The van der Waals surface area contributed by atoms with Gasteiger partial charge in [0.25, 0.3) is 5.91 Å². The Kier molecular flexibility index (Phi) is 5.95. The highest BCUT2D eigenvalue weighted by Crippen LogP contribution is 2.60. The second-order valence-electron chi connectivity index (χ2n) is 9.51. The fraction of sp³-hybridized carbons (Fsp3) is 0.667. The van der Waals surface area contributed by atoms with Crippen molar-refractivity contribution >= 4 is 17.5 Å². The number of carbonyl (C=O) groups is 2. The minimum Gasteiger partial charge on any atom is -0.351 e. The lowest BCUT2D eigenvalue weighted by Gasteiger charge is -2.55. The van der Waals surface area contributed by atoms with Gasteiger partial charge in [0.15, 0.2) is 0 Å². The van der Waals surface area contributed by atoms with Crippen molar-refractivity contribution in [1.29, 1.82) is 0 Å². The first kappa shape index (κ1) is 20.4. The van der Waals surface area contributed by atoms with E-state index in [1.54, 1.807) is 0 Å². The highest BCUT2D eigenvalue weighted by atomic mass is 16.2. The number of amides is 2. The van der Waals surface area contributed by atoms with Gasteiger partial charge in [-0.3, -0.25) is 9.59 Å². The molecule has 4 saturated carbocycles. The van der Waals surface area contributed by atoms with E-state index in [1.165, 1.54) is 19.3 Å². The summed E-state index contributed by atoms with van der Waals surface area (Å²) in [5, 5.41) is 6.14. The molecule has 158 valence electrons. The van der Waals surface area contributed by atoms with Crippen LogP contribution in [-0.2, 0) is 4.79 Å². The molecular formula is C24H35N3O2. The van der Waals surface area contributed by atoms with Crippen molar-refractivity contribution in [2.75, 3.05) is 31.5 Å². The zero-order valence-electron chi connectivity index (χ0n) is 17.9. The summed E-state index contributed by atoms with van der Waals surface area (Å²) in [7, 11) is 0. The van der Waals surface area contributed by atoms with E-state index in [0.29, 0.717) is 12.1 Å². The highest BCUT2D eigenvalue weighted by Gasteiger charge is 2.54. The zero-order chi connectivity index (χ0) is 20.4. The van der Waals surface area contributed by atoms with Gasteiger partial charge in [-0.2, -0.15) is 0 Å². The quantitative estimate of drug-likeness (QED) is 0.699. The lowest BCUT2D eigenvalue weighted by Crippen LogP contribution is -2.51. The fourth-order valence-electron chi connectivity index (χ4n) is 6.33. The molecule has 0 heterocycles. The first-order chi connectivity index (χ1) is 14.0. The maximum atomic E-state index is 13.2. The number of hydrogen-bond donors (Lipinski definition) is 2. The van der Waals surface area contributed by atoms with Crippen molar-refractivity contribution in [3.05, 3.63) is 29.8 Å². The second-order valence-corrected chi connectivity index (χ2v) is 9.51. The molecule has 0 radical (unpaired) electrons. The summed E-state index contributed by atoms with van der Waals surface area (Å²) in [5.74, 6) is 2.42. The molecule has 0 spiro atoms. The minimum absolute atomic E-state index is 0.0592. The first-order valence-electron chi connectivity index (χ1n) is 11.4. The van der Waals surface area contributed by atoms with Crippen LogP contribution in [0.5, 0.6) is 0 Å². The number of benzene rings is 1. The van der Waals surface area contributed by atoms with E-state index in [2.05, 4.69) is 29.4 Å². The van der Waals surface area contributed by atoms with Crippen LogP contribution in [0.4, 0.5) is 5.69 Å². The molecule has 5 nitrogen and oxygen atoms in total. The molecule has 4 aliphatic carbocycles. The van der Waals surface area contributed by atoms with E-state index in [1.807, 2.05) is 24.3 Å². The smallest absolute Gasteiger partial charge is 0.251 e. The standard InChI is InChI=1S/C24H35N3O2/c1-3-27(4-2)10-9-25-22(28)20-5-7-21(8-6-20)26-23(29)24-14-17-11-18(15-24)13-19(12-17)16-24/h5-8,17-19H,3-4,9-16H2,1-2H3,(H,25,28)(H,26,29). The molecule has 0 atom stereocenters. The van der Waals surface area contributed by atoms with E-state index in [4.69, 9.17) is 0 Å². The lowest BCUT2D eigenvalue weighted by atomic mass is 9.49. The third-order valence-electron chi connectivity index (χ3n) is 7.53. The van der Waals surface area contributed by atoms with Gasteiger partial charge in [0, 0.05) is 24.3 Å². The number of nitrogens with one attached hydrogen (secondary N) is 2. The molecule has 5 rings (SSSR count). The van der Waals surface area contributed by atoms with Gasteiger partial charge in [-0.05, 0) is 93.6 Å². The van der Waals surface area contributed by atoms with Gasteiger partial charge in [-0.15, -0.1) is 0 Å². The maximum absolute atomic E-state index is 13.2. The van der Waals surface area contributed by atoms with E-state index in [9.17, 15) is 9.59 Å². The number of nitrogens with zero attached hydrogens (tertiary/aromatic N) is 1. The Labute approximate surface area is 174 Å². The number of rotatable bonds is 8. The summed E-state index contributed by atoms with van der Waals surface area (Å²) in [4.78, 5) is 27.8. The molecule has 0 aromatic heterocycles. The Morgan fingerprint density at radius 2 is 1.52 bits per heavy atom. The summed E-state index contributed by atoms with van der Waals surface area (Å²) in [6.07, 6.45) is 7.22. The van der Waals surface area contributed by atoms with Crippen LogP contribution < -0.4 is 10.6 Å². The average Bonchev–Trinajstić information content (AvgIpc) is 2.70. The minimum atomic E-state index is -0.144. The van der Waals surface area contributed by atoms with Gasteiger partial charge < -0.3 is 15.5 Å².